The first-order valence-electron chi connectivity index (χ1n) is 6.88. The van der Waals surface area contributed by atoms with Crippen LogP contribution in [0.3, 0.4) is 0 Å². The summed E-state index contributed by atoms with van der Waals surface area (Å²) in [5, 5.41) is 9.55. The summed E-state index contributed by atoms with van der Waals surface area (Å²) in [6.45, 7) is 3.42. The third kappa shape index (κ3) is 3.97. The first kappa shape index (κ1) is 14.4. The van der Waals surface area contributed by atoms with E-state index in [9.17, 15) is 9.59 Å². The van der Waals surface area contributed by atoms with Crippen molar-refractivity contribution in [2.75, 3.05) is 19.7 Å². The van der Waals surface area contributed by atoms with Crippen molar-refractivity contribution in [3.63, 3.8) is 0 Å². The minimum atomic E-state index is -0.269. The highest BCUT2D eigenvalue weighted by Gasteiger charge is 2.24. The first-order chi connectivity index (χ1) is 9.69. The fourth-order valence-corrected chi connectivity index (χ4v) is 2.26. The predicted molar refractivity (Wildman–Crippen MR) is 72.1 cm³/mol. The molecule has 7 nitrogen and oxygen atoms in total. The molecular weight excluding hydrogens is 260 g/mol. The van der Waals surface area contributed by atoms with Crippen molar-refractivity contribution in [3.8, 4) is 0 Å². The van der Waals surface area contributed by atoms with Gasteiger partial charge < -0.3 is 15.0 Å². The van der Waals surface area contributed by atoms with Crippen LogP contribution in [0, 0.1) is 0 Å². The molecule has 0 aliphatic carbocycles. The van der Waals surface area contributed by atoms with E-state index in [0.717, 1.165) is 18.5 Å². The number of hydrogen-bond acceptors (Lipinski definition) is 4. The number of H-pyrrole nitrogens is 1. The Morgan fingerprint density at radius 1 is 1.50 bits per heavy atom. The number of nitrogens with zero attached hydrogens (tertiary/aromatic N) is 2. The van der Waals surface area contributed by atoms with Crippen LogP contribution >= 0.6 is 0 Å². The van der Waals surface area contributed by atoms with Crippen LogP contribution in [-0.4, -0.2) is 52.8 Å². The molecule has 0 radical (unpaired) electrons. The number of aromatic nitrogens is 2. The summed E-state index contributed by atoms with van der Waals surface area (Å²) in [4.78, 5) is 25.1. The van der Waals surface area contributed by atoms with Gasteiger partial charge in [-0.3, -0.25) is 9.89 Å². The molecule has 0 aromatic carbocycles. The zero-order valence-corrected chi connectivity index (χ0v) is 11.6. The molecule has 2 amide bonds. The van der Waals surface area contributed by atoms with Crippen molar-refractivity contribution >= 4 is 12.0 Å². The average molecular weight is 280 g/mol. The number of rotatable bonds is 4. The average Bonchev–Trinajstić information content (AvgIpc) is 2.92. The monoisotopic (exact) mass is 280 g/mol. The number of hydrogen-bond donors (Lipinski definition) is 2. The molecule has 0 spiro atoms. The standard InChI is InChI=1S/C13H20N4O3/c1-2-20-13(19)17-7-4-10(5-8-17)15-12(18)9-11-3-6-14-16-11/h3,6,10H,2,4-5,7-9H2,1H3,(H,14,16)(H,15,18). The molecule has 1 saturated heterocycles. The van der Waals surface area contributed by atoms with Crippen LogP contribution in [0.1, 0.15) is 25.5 Å². The molecule has 1 fully saturated rings. The Morgan fingerprint density at radius 2 is 2.25 bits per heavy atom. The smallest absolute Gasteiger partial charge is 0.409 e. The van der Waals surface area contributed by atoms with Crippen LogP contribution in [0.5, 0.6) is 0 Å². The second-order valence-corrected chi connectivity index (χ2v) is 4.79. The van der Waals surface area contributed by atoms with Crippen molar-refractivity contribution in [1.82, 2.24) is 20.4 Å². The summed E-state index contributed by atoms with van der Waals surface area (Å²) < 4.78 is 4.96. The van der Waals surface area contributed by atoms with Crippen molar-refractivity contribution in [2.24, 2.45) is 0 Å². The van der Waals surface area contributed by atoms with Gasteiger partial charge in [-0.25, -0.2) is 4.79 Å². The van der Waals surface area contributed by atoms with Gasteiger partial charge >= 0.3 is 6.09 Å². The maximum absolute atomic E-state index is 11.8. The molecule has 1 aliphatic heterocycles. The lowest BCUT2D eigenvalue weighted by Crippen LogP contribution is -2.47. The SMILES string of the molecule is CCOC(=O)N1CCC(NC(=O)Cc2ccn[nH]2)CC1. The Hall–Kier alpha value is -2.05. The quantitative estimate of drug-likeness (QED) is 0.849. The van der Waals surface area contributed by atoms with Crippen LogP contribution in [0.25, 0.3) is 0 Å². The summed E-state index contributed by atoms with van der Waals surface area (Å²) in [6.07, 6.45) is 3.18. The maximum Gasteiger partial charge on any atom is 0.409 e. The lowest BCUT2D eigenvalue weighted by Gasteiger charge is -2.31. The Morgan fingerprint density at radius 3 is 2.85 bits per heavy atom. The summed E-state index contributed by atoms with van der Waals surface area (Å²) >= 11 is 0. The Labute approximate surface area is 117 Å². The third-order valence-electron chi connectivity index (χ3n) is 3.30. The molecule has 1 aromatic heterocycles. The number of nitrogens with one attached hydrogen (secondary N) is 2. The van der Waals surface area contributed by atoms with Gasteiger partial charge in [0.1, 0.15) is 0 Å². The third-order valence-corrected chi connectivity index (χ3v) is 3.30. The fraction of sp³-hybridized carbons (Fsp3) is 0.615. The van der Waals surface area contributed by atoms with Crippen molar-refractivity contribution in [3.05, 3.63) is 18.0 Å². The van der Waals surface area contributed by atoms with Gasteiger partial charge in [-0.2, -0.15) is 5.10 Å². The second-order valence-electron chi connectivity index (χ2n) is 4.79. The van der Waals surface area contributed by atoms with Crippen LogP contribution in [0.15, 0.2) is 12.3 Å². The van der Waals surface area contributed by atoms with Gasteiger partial charge in [-0.15, -0.1) is 0 Å². The minimum Gasteiger partial charge on any atom is -0.450 e. The van der Waals surface area contributed by atoms with Crippen molar-refractivity contribution < 1.29 is 14.3 Å². The first-order valence-corrected chi connectivity index (χ1v) is 6.88. The lowest BCUT2D eigenvalue weighted by atomic mass is 10.1. The van der Waals surface area contributed by atoms with Crippen molar-refractivity contribution in [1.29, 1.82) is 0 Å². The molecule has 2 N–H and O–H groups in total. The Bertz CT molecular complexity index is 438. The number of aromatic amines is 1. The number of carbonyl (C=O) groups is 2. The molecule has 0 saturated carbocycles. The molecule has 0 bridgehead atoms. The number of carbonyl (C=O) groups excluding carboxylic acids is 2. The van der Waals surface area contributed by atoms with Gasteiger partial charge in [0, 0.05) is 31.0 Å². The topological polar surface area (TPSA) is 87.3 Å². The van der Waals surface area contributed by atoms with Crippen LogP contribution < -0.4 is 5.32 Å². The zero-order chi connectivity index (χ0) is 14.4. The van der Waals surface area contributed by atoms with E-state index in [1.165, 1.54) is 0 Å². The van der Waals surface area contributed by atoms with Gasteiger partial charge in [0.25, 0.3) is 0 Å². The van der Waals surface area contributed by atoms with E-state index in [0.29, 0.717) is 26.1 Å². The summed E-state index contributed by atoms with van der Waals surface area (Å²) in [5.74, 6) is -0.0242. The highest BCUT2D eigenvalue weighted by Crippen LogP contribution is 2.11. The summed E-state index contributed by atoms with van der Waals surface area (Å²) in [6, 6.07) is 1.90. The van der Waals surface area contributed by atoms with E-state index >= 15 is 0 Å². The van der Waals surface area contributed by atoms with Crippen LogP contribution in [0.4, 0.5) is 4.79 Å². The normalized spacial score (nSPS) is 15.9. The van der Waals surface area contributed by atoms with Gasteiger partial charge in [0.15, 0.2) is 0 Å². The van der Waals surface area contributed by atoms with E-state index < -0.39 is 0 Å². The lowest BCUT2D eigenvalue weighted by molar-refractivity contribution is -0.121. The van der Waals surface area contributed by atoms with Gasteiger partial charge in [-0.05, 0) is 25.8 Å². The van der Waals surface area contributed by atoms with E-state index in [2.05, 4.69) is 15.5 Å². The molecule has 110 valence electrons. The van der Waals surface area contributed by atoms with E-state index in [4.69, 9.17) is 4.74 Å². The highest BCUT2D eigenvalue weighted by atomic mass is 16.6. The molecule has 1 aromatic rings. The largest absolute Gasteiger partial charge is 0.450 e. The highest BCUT2D eigenvalue weighted by molar-refractivity contribution is 5.78. The molecule has 2 heterocycles. The number of ether oxygens (including phenoxy) is 1. The van der Waals surface area contributed by atoms with Crippen LogP contribution in [-0.2, 0) is 16.0 Å². The molecule has 20 heavy (non-hydrogen) atoms. The van der Waals surface area contributed by atoms with Gasteiger partial charge in [-0.1, -0.05) is 0 Å². The van der Waals surface area contributed by atoms with E-state index in [1.54, 1.807) is 24.1 Å². The molecule has 7 heteroatoms. The van der Waals surface area contributed by atoms with Crippen LogP contribution in [0.2, 0.25) is 0 Å². The molecule has 1 aliphatic rings. The van der Waals surface area contributed by atoms with Crippen molar-refractivity contribution in [2.45, 2.75) is 32.2 Å². The maximum atomic E-state index is 11.8. The molecule has 0 unspecified atom stereocenters. The molecule has 2 rings (SSSR count). The predicted octanol–water partition coefficient (Wildman–Crippen LogP) is 0.689. The van der Waals surface area contributed by atoms with E-state index in [1.807, 2.05) is 0 Å². The summed E-state index contributed by atoms with van der Waals surface area (Å²) in [7, 11) is 0. The minimum absolute atomic E-state index is 0.0242. The second kappa shape index (κ2) is 6.93. The number of piperidine rings is 1. The molecular formula is C13H20N4O3. The Balaban J connectivity index is 1.71. The van der Waals surface area contributed by atoms with Gasteiger partial charge in [0.2, 0.25) is 5.91 Å². The Kier molecular flexibility index (Phi) is 4.97. The fourth-order valence-electron chi connectivity index (χ4n) is 2.26. The van der Waals surface area contributed by atoms with E-state index in [-0.39, 0.29) is 18.0 Å². The van der Waals surface area contributed by atoms with Gasteiger partial charge in [0.05, 0.1) is 13.0 Å². The molecule has 0 atom stereocenters. The zero-order valence-electron chi connectivity index (χ0n) is 11.6. The number of likely N-dealkylation sites (tertiary alicyclic amines) is 1. The summed E-state index contributed by atoms with van der Waals surface area (Å²) in [5.41, 5.74) is 0.798. The number of amides is 2.